The second kappa shape index (κ2) is 9.61. The van der Waals surface area contributed by atoms with E-state index in [2.05, 4.69) is 0 Å². The van der Waals surface area contributed by atoms with Crippen LogP contribution in [0.5, 0.6) is 0 Å². The molecule has 1 aliphatic rings. The molecule has 1 amide bonds. The summed E-state index contributed by atoms with van der Waals surface area (Å²) in [5.41, 5.74) is 0.129. The van der Waals surface area contributed by atoms with Gasteiger partial charge in [0.1, 0.15) is 11.2 Å². The van der Waals surface area contributed by atoms with Crippen LogP contribution in [0, 0.1) is 0 Å². The largest absolute Gasteiger partial charge is 0.463 e. The van der Waals surface area contributed by atoms with Gasteiger partial charge in [-0.15, -0.1) is 11.3 Å². The minimum Gasteiger partial charge on any atom is -0.463 e. The zero-order chi connectivity index (χ0) is 21.0. The summed E-state index contributed by atoms with van der Waals surface area (Å²) in [6, 6.07) is 5.06. The number of nitrogens with zero attached hydrogens (tertiary/aromatic N) is 2. The molecule has 154 valence electrons. The molecule has 1 aliphatic heterocycles. The van der Waals surface area contributed by atoms with E-state index in [1.54, 1.807) is 36.1 Å². The number of amides is 1. The van der Waals surface area contributed by atoms with Crippen molar-refractivity contribution in [3.8, 4) is 0 Å². The molecule has 0 aliphatic carbocycles. The normalized spacial score (nSPS) is 15.2. The molecule has 1 fully saturated rings. The number of aromatic nitrogens is 1. The number of esters is 1. The van der Waals surface area contributed by atoms with Crippen molar-refractivity contribution in [2.24, 2.45) is 0 Å². The van der Waals surface area contributed by atoms with Gasteiger partial charge in [-0.05, 0) is 38.0 Å². The average Bonchev–Trinajstić information content (AvgIpc) is 3.30. The number of hydrogen-bond donors (Lipinski definition) is 0. The van der Waals surface area contributed by atoms with Crippen molar-refractivity contribution in [3.05, 3.63) is 53.4 Å². The Hall–Kier alpha value is -2.09. The smallest absolute Gasteiger partial charge is 0.333 e. The minimum atomic E-state index is -0.571. The number of benzene rings is 1. The predicted molar refractivity (Wildman–Crippen MR) is 115 cm³/mol. The summed E-state index contributed by atoms with van der Waals surface area (Å²) in [5, 5.41) is 0.807. The van der Waals surface area contributed by atoms with Crippen molar-refractivity contribution in [2.75, 3.05) is 19.7 Å². The van der Waals surface area contributed by atoms with Gasteiger partial charge in [0.05, 0.1) is 17.2 Å². The maximum atomic E-state index is 13.0. The van der Waals surface area contributed by atoms with Crippen LogP contribution in [-0.4, -0.2) is 41.0 Å². The molecule has 0 atom stereocenters. The maximum absolute atomic E-state index is 13.0. The Labute approximate surface area is 181 Å². The van der Waals surface area contributed by atoms with Crippen molar-refractivity contribution in [3.63, 3.8) is 0 Å². The molecular formula is C20H20Cl2N2O4S. The fraction of sp³-hybridized carbons (Fsp3) is 0.350. The lowest BCUT2D eigenvalue weighted by atomic mass is 10.2. The second-order valence-electron chi connectivity index (χ2n) is 6.46. The molecule has 6 nitrogen and oxygen atoms in total. The highest BCUT2D eigenvalue weighted by atomic mass is 35.5. The number of halogens is 2. The number of hydrogen-bond acceptors (Lipinski definition) is 5. The minimum absolute atomic E-state index is 0.134. The molecule has 0 N–H and O–H groups in total. The predicted octanol–water partition coefficient (Wildman–Crippen LogP) is 2.01. The third kappa shape index (κ3) is 5.10. The van der Waals surface area contributed by atoms with Crippen molar-refractivity contribution in [2.45, 2.75) is 26.3 Å². The van der Waals surface area contributed by atoms with Crippen LogP contribution in [0.2, 0.25) is 10.0 Å². The van der Waals surface area contributed by atoms with Gasteiger partial charge in [0.25, 0.3) is 5.56 Å². The lowest BCUT2D eigenvalue weighted by Gasteiger charge is -2.15. The van der Waals surface area contributed by atoms with Gasteiger partial charge >= 0.3 is 5.97 Å². The Balaban J connectivity index is 2.10. The molecule has 2 heterocycles. The standard InChI is InChI=1S/C20H20Cl2N2O4S/c1-2-28-19(26)11-18-24(12-17(25)23-8-3-4-9-23)20(27)16(29-18)10-13-14(21)6-5-7-15(13)22/h5-7,10-11H,2-4,8-9,12H2,1H3. The third-order valence-electron chi connectivity index (χ3n) is 4.49. The summed E-state index contributed by atoms with van der Waals surface area (Å²) in [5.74, 6) is -0.721. The Bertz CT molecular complexity index is 1080. The van der Waals surface area contributed by atoms with Crippen molar-refractivity contribution < 1.29 is 14.3 Å². The highest BCUT2D eigenvalue weighted by Crippen LogP contribution is 2.24. The van der Waals surface area contributed by atoms with Crippen LogP contribution in [-0.2, 0) is 20.9 Å². The highest BCUT2D eigenvalue weighted by Gasteiger charge is 2.20. The van der Waals surface area contributed by atoms with Gasteiger partial charge in [0.15, 0.2) is 0 Å². The topological polar surface area (TPSA) is 68.6 Å². The Morgan fingerprint density at radius 3 is 2.48 bits per heavy atom. The Morgan fingerprint density at radius 1 is 1.21 bits per heavy atom. The number of rotatable bonds is 5. The van der Waals surface area contributed by atoms with Gasteiger partial charge < -0.3 is 9.64 Å². The van der Waals surface area contributed by atoms with E-state index in [9.17, 15) is 14.4 Å². The van der Waals surface area contributed by atoms with Crippen LogP contribution < -0.4 is 14.8 Å². The zero-order valence-corrected chi connectivity index (χ0v) is 18.1. The molecule has 9 heteroatoms. The summed E-state index contributed by atoms with van der Waals surface area (Å²) < 4.78 is 6.93. The van der Waals surface area contributed by atoms with Crippen LogP contribution in [0.4, 0.5) is 0 Å². The first-order valence-electron chi connectivity index (χ1n) is 9.22. The lowest BCUT2D eigenvalue weighted by Crippen LogP contribution is -2.39. The first-order chi connectivity index (χ1) is 13.9. The summed E-state index contributed by atoms with van der Waals surface area (Å²) >= 11 is 13.5. The van der Waals surface area contributed by atoms with E-state index in [0.717, 1.165) is 24.2 Å². The molecular weight excluding hydrogens is 435 g/mol. The van der Waals surface area contributed by atoms with E-state index in [1.165, 1.54) is 10.6 Å². The van der Waals surface area contributed by atoms with E-state index in [4.69, 9.17) is 27.9 Å². The van der Waals surface area contributed by atoms with E-state index in [-0.39, 0.29) is 24.6 Å². The van der Waals surface area contributed by atoms with E-state index in [1.807, 2.05) is 0 Å². The Morgan fingerprint density at radius 2 is 1.86 bits per heavy atom. The molecule has 0 saturated carbocycles. The summed E-state index contributed by atoms with van der Waals surface area (Å²) in [7, 11) is 0. The molecule has 0 bridgehead atoms. The first-order valence-corrected chi connectivity index (χ1v) is 10.8. The molecule has 29 heavy (non-hydrogen) atoms. The van der Waals surface area contributed by atoms with Gasteiger partial charge in [0, 0.05) is 28.7 Å². The van der Waals surface area contributed by atoms with E-state index in [0.29, 0.717) is 37.9 Å². The van der Waals surface area contributed by atoms with Crippen LogP contribution >= 0.6 is 34.5 Å². The van der Waals surface area contributed by atoms with Crippen LogP contribution in [0.3, 0.4) is 0 Å². The molecule has 0 radical (unpaired) electrons. The van der Waals surface area contributed by atoms with Crippen LogP contribution in [0.1, 0.15) is 25.3 Å². The van der Waals surface area contributed by atoms with Crippen molar-refractivity contribution >= 4 is 58.6 Å². The van der Waals surface area contributed by atoms with Crippen LogP contribution in [0.25, 0.3) is 12.2 Å². The number of likely N-dealkylation sites (tertiary alicyclic amines) is 1. The maximum Gasteiger partial charge on any atom is 0.333 e. The summed E-state index contributed by atoms with van der Waals surface area (Å²) in [4.78, 5) is 39.3. The van der Waals surface area contributed by atoms with Gasteiger partial charge in [-0.25, -0.2) is 4.79 Å². The number of thiazole rings is 1. The van der Waals surface area contributed by atoms with Gasteiger partial charge in [0.2, 0.25) is 5.91 Å². The fourth-order valence-corrected chi connectivity index (χ4v) is 4.58. The first kappa shape index (κ1) is 21.6. The quantitative estimate of drug-likeness (QED) is 0.647. The molecule has 1 aromatic carbocycles. The van der Waals surface area contributed by atoms with Gasteiger partial charge in [-0.2, -0.15) is 0 Å². The lowest BCUT2D eigenvalue weighted by molar-refractivity contribution is -0.135. The third-order valence-corrected chi connectivity index (χ3v) is 6.21. The summed E-state index contributed by atoms with van der Waals surface area (Å²) in [6.07, 6.45) is 4.72. The molecule has 3 rings (SSSR count). The number of carbonyl (C=O) groups is 2. The summed E-state index contributed by atoms with van der Waals surface area (Å²) in [6.45, 7) is 3.14. The van der Waals surface area contributed by atoms with Crippen LogP contribution in [0.15, 0.2) is 23.0 Å². The van der Waals surface area contributed by atoms with Crippen molar-refractivity contribution in [1.29, 1.82) is 0 Å². The van der Waals surface area contributed by atoms with Crippen molar-refractivity contribution in [1.82, 2.24) is 9.47 Å². The molecule has 0 unspecified atom stereocenters. The zero-order valence-electron chi connectivity index (χ0n) is 15.8. The second-order valence-corrected chi connectivity index (χ2v) is 8.34. The monoisotopic (exact) mass is 454 g/mol. The average molecular weight is 455 g/mol. The molecule has 1 saturated heterocycles. The Kier molecular flexibility index (Phi) is 7.16. The highest BCUT2D eigenvalue weighted by molar-refractivity contribution is 7.07. The van der Waals surface area contributed by atoms with E-state index < -0.39 is 5.97 Å². The van der Waals surface area contributed by atoms with Gasteiger partial charge in [-0.1, -0.05) is 29.3 Å². The molecule has 2 aromatic rings. The van der Waals surface area contributed by atoms with E-state index >= 15 is 0 Å². The number of carbonyl (C=O) groups excluding carboxylic acids is 2. The van der Waals surface area contributed by atoms with Gasteiger partial charge in [-0.3, -0.25) is 14.2 Å². The molecule has 0 spiro atoms. The fourth-order valence-electron chi connectivity index (χ4n) is 3.06. The SMILES string of the molecule is CCOC(=O)C=c1sc(=Cc2c(Cl)cccc2Cl)c(=O)n1CC(=O)N1CCCC1. The molecule has 1 aromatic heterocycles. The number of ether oxygens (including phenoxy) is 1.